The fourth-order valence-electron chi connectivity index (χ4n) is 1.98. The molecule has 1 atom stereocenters. The minimum Gasteiger partial charge on any atom is -0.479 e. The predicted molar refractivity (Wildman–Crippen MR) is 82.2 cm³/mol. The molecule has 2 rings (SSSR count). The molecule has 0 saturated heterocycles. The molecule has 0 bridgehead atoms. The number of nitrogen functional groups attached to an aromatic ring is 1. The fourth-order valence-corrected chi connectivity index (χ4v) is 1.98. The molecular formula is C15H20N4O2. The Hall–Kier alpha value is -2.34. The number of hydrogen-bond donors (Lipinski definition) is 2. The van der Waals surface area contributed by atoms with Crippen LogP contribution in [-0.4, -0.2) is 24.2 Å². The first-order valence-electron chi connectivity index (χ1n) is 6.66. The number of nitrogens with zero attached hydrogens (tertiary/aromatic N) is 2. The van der Waals surface area contributed by atoms with E-state index in [1.807, 2.05) is 37.3 Å². The van der Waals surface area contributed by atoms with Gasteiger partial charge in [-0.1, -0.05) is 30.3 Å². The number of anilines is 2. The van der Waals surface area contributed by atoms with E-state index in [0.717, 1.165) is 5.56 Å². The van der Waals surface area contributed by atoms with Crippen molar-refractivity contribution in [2.75, 3.05) is 25.3 Å². The highest BCUT2D eigenvalue weighted by molar-refractivity contribution is 5.67. The van der Waals surface area contributed by atoms with Crippen molar-refractivity contribution in [2.24, 2.45) is 0 Å². The second-order valence-electron chi connectivity index (χ2n) is 4.62. The summed E-state index contributed by atoms with van der Waals surface area (Å²) in [5.41, 5.74) is 7.56. The van der Waals surface area contributed by atoms with E-state index >= 15 is 0 Å². The third-order valence-corrected chi connectivity index (χ3v) is 3.08. The van der Waals surface area contributed by atoms with Crippen molar-refractivity contribution >= 4 is 11.5 Å². The highest BCUT2D eigenvalue weighted by atomic mass is 16.5. The summed E-state index contributed by atoms with van der Waals surface area (Å²) < 4.78 is 10.3. The van der Waals surface area contributed by atoms with E-state index < -0.39 is 0 Å². The number of methoxy groups -OCH3 is 2. The molecule has 1 aromatic heterocycles. The first-order valence-corrected chi connectivity index (χ1v) is 6.66. The Balaban J connectivity index is 2.28. The summed E-state index contributed by atoms with van der Waals surface area (Å²) in [7, 11) is 3.12. The van der Waals surface area contributed by atoms with Crippen molar-refractivity contribution in [1.82, 2.24) is 9.97 Å². The van der Waals surface area contributed by atoms with Gasteiger partial charge in [-0.15, -0.1) is 0 Å². The van der Waals surface area contributed by atoms with E-state index in [4.69, 9.17) is 15.2 Å². The number of aromatic nitrogens is 2. The fraction of sp³-hybridized carbons (Fsp3) is 0.333. The Bertz CT molecular complexity index is 590. The molecule has 1 aromatic carbocycles. The summed E-state index contributed by atoms with van der Waals surface area (Å²) in [5.74, 6) is 1.41. The molecule has 0 amide bonds. The second-order valence-corrected chi connectivity index (χ2v) is 4.62. The van der Waals surface area contributed by atoms with E-state index in [9.17, 15) is 0 Å². The van der Waals surface area contributed by atoms with Gasteiger partial charge in [0.15, 0.2) is 11.6 Å². The molecule has 21 heavy (non-hydrogen) atoms. The van der Waals surface area contributed by atoms with E-state index in [0.29, 0.717) is 29.8 Å². The van der Waals surface area contributed by atoms with Crippen LogP contribution in [0.2, 0.25) is 0 Å². The summed E-state index contributed by atoms with van der Waals surface area (Å²) in [4.78, 5) is 8.58. The van der Waals surface area contributed by atoms with Crippen LogP contribution in [0.5, 0.6) is 5.88 Å². The topological polar surface area (TPSA) is 82.3 Å². The first kappa shape index (κ1) is 15.1. The maximum atomic E-state index is 6.03. The third kappa shape index (κ3) is 3.61. The molecule has 1 heterocycles. The first-order chi connectivity index (χ1) is 10.2. The van der Waals surface area contributed by atoms with Gasteiger partial charge in [0.25, 0.3) is 0 Å². The predicted octanol–water partition coefficient (Wildman–Crippen LogP) is 2.39. The van der Waals surface area contributed by atoms with Gasteiger partial charge in [-0.3, -0.25) is 0 Å². The highest BCUT2D eigenvalue weighted by Gasteiger charge is 2.15. The number of nitrogens with two attached hydrogens (primary N) is 1. The molecule has 0 aliphatic carbocycles. The molecule has 0 saturated carbocycles. The van der Waals surface area contributed by atoms with E-state index in [2.05, 4.69) is 15.3 Å². The number of nitrogens with one attached hydrogen (secondary N) is 1. The normalized spacial score (nSPS) is 12.0. The van der Waals surface area contributed by atoms with Gasteiger partial charge in [0, 0.05) is 7.11 Å². The standard InChI is InChI=1S/C15H20N4O2/c1-10(11-7-5-4-6-8-11)17-14-13(16)15(21-3)19-12(18-14)9-20-2/h4-8,10H,9,16H2,1-3H3,(H,17,18,19). The maximum absolute atomic E-state index is 6.03. The van der Waals surface area contributed by atoms with Crippen LogP contribution in [0, 0.1) is 0 Å². The molecule has 0 aliphatic heterocycles. The van der Waals surface area contributed by atoms with Gasteiger partial charge in [-0.2, -0.15) is 4.98 Å². The number of benzene rings is 1. The van der Waals surface area contributed by atoms with Gasteiger partial charge >= 0.3 is 0 Å². The van der Waals surface area contributed by atoms with E-state index in [1.54, 1.807) is 7.11 Å². The van der Waals surface area contributed by atoms with Crippen molar-refractivity contribution < 1.29 is 9.47 Å². The summed E-state index contributed by atoms with van der Waals surface area (Å²) in [6, 6.07) is 10.1. The van der Waals surface area contributed by atoms with Crippen LogP contribution in [0.4, 0.5) is 11.5 Å². The molecule has 6 heteroatoms. The lowest BCUT2D eigenvalue weighted by atomic mass is 10.1. The third-order valence-electron chi connectivity index (χ3n) is 3.08. The zero-order chi connectivity index (χ0) is 15.2. The van der Waals surface area contributed by atoms with Gasteiger partial charge in [0.05, 0.1) is 13.2 Å². The Morgan fingerprint density at radius 2 is 1.90 bits per heavy atom. The molecule has 3 N–H and O–H groups in total. The summed E-state index contributed by atoms with van der Waals surface area (Å²) >= 11 is 0. The second kappa shape index (κ2) is 6.90. The van der Waals surface area contributed by atoms with Crippen LogP contribution >= 0.6 is 0 Å². The average Bonchev–Trinajstić information content (AvgIpc) is 2.51. The molecular weight excluding hydrogens is 268 g/mol. The number of ether oxygens (including phenoxy) is 2. The zero-order valence-electron chi connectivity index (χ0n) is 12.5. The van der Waals surface area contributed by atoms with Crippen molar-refractivity contribution in [3.8, 4) is 5.88 Å². The lowest BCUT2D eigenvalue weighted by Gasteiger charge is -2.18. The molecule has 0 fully saturated rings. The Morgan fingerprint density at radius 3 is 2.52 bits per heavy atom. The van der Waals surface area contributed by atoms with Gasteiger partial charge in [0.1, 0.15) is 12.3 Å². The van der Waals surface area contributed by atoms with Crippen LogP contribution in [0.15, 0.2) is 30.3 Å². The monoisotopic (exact) mass is 288 g/mol. The van der Waals surface area contributed by atoms with Gasteiger partial charge in [0.2, 0.25) is 5.88 Å². The molecule has 112 valence electrons. The Labute approximate surface area is 124 Å². The number of rotatable bonds is 6. The van der Waals surface area contributed by atoms with Crippen molar-refractivity contribution in [3.05, 3.63) is 41.7 Å². The molecule has 0 aliphatic rings. The molecule has 1 unspecified atom stereocenters. The van der Waals surface area contributed by atoms with Gasteiger partial charge in [-0.05, 0) is 12.5 Å². The minimum absolute atomic E-state index is 0.0588. The van der Waals surface area contributed by atoms with Crippen molar-refractivity contribution in [1.29, 1.82) is 0 Å². The SMILES string of the molecule is COCc1nc(NC(C)c2ccccc2)c(N)c(OC)n1. The summed E-state index contributed by atoms with van der Waals surface area (Å²) in [6.45, 7) is 2.34. The lowest BCUT2D eigenvalue weighted by molar-refractivity contribution is 0.177. The Morgan fingerprint density at radius 1 is 1.19 bits per heavy atom. The van der Waals surface area contributed by atoms with Crippen LogP contribution in [0.1, 0.15) is 24.4 Å². The zero-order valence-corrected chi connectivity index (χ0v) is 12.5. The smallest absolute Gasteiger partial charge is 0.242 e. The largest absolute Gasteiger partial charge is 0.479 e. The van der Waals surface area contributed by atoms with Crippen LogP contribution in [0.25, 0.3) is 0 Å². The minimum atomic E-state index is 0.0588. The molecule has 6 nitrogen and oxygen atoms in total. The van der Waals surface area contributed by atoms with E-state index in [-0.39, 0.29) is 6.04 Å². The summed E-state index contributed by atoms with van der Waals surface area (Å²) in [6.07, 6.45) is 0. The summed E-state index contributed by atoms with van der Waals surface area (Å²) in [5, 5.41) is 3.29. The van der Waals surface area contributed by atoms with Crippen molar-refractivity contribution in [2.45, 2.75) is 19.6 Å². The molecule has 0 radical (unpaired) electrons. The number of hydrogen-bond acceptors (Lipinski definition) is 6. The van der Waals surface area contributed by atoms with Crippen LogP contribution in [0.3, 0.4) is 0 Å². The molecule has 2 aromatic rings. The van der Waals surface area contributed by atoms with E-state index in [1.165, 1.54) is 7.11 Å². The van der Waals surface area contributed by atoms with Crippen LogP contribution in [-0.2, 0) is 11.3 Å². The highest BCUT2D eigenvalue weighted by Crippen LogP contribution is 2.28. The van der Waals surface area contributed by atoms with Crippen LogP contribution < -0.4 is 15.8 Å². The Kier molecular flexibility index (Phi) is 4.94. The quantitative estimate of drug-likeness (QED) is 0.849. The maximum Gasteiger partial charge on any atom is 0.242 e. The van der Waals surface area contributed by atoms with Gasteiger partial charge in [-0.25, -0.2) is 4.98 Å². The lowest BCUT2D eigenvalue weighted by Crippen LogP contribution is -2.13. The average molecular weight is 288 g/mol. The van der Waals surface area contributed by atoms with Gasteiger partial charge < -0.3 is 20.5 Å². The molecule has 0 spiro atoms. The van der Waals surface area contributed by atoms with Crippen molar-refractivity contribution in [3.63, 3.8) is 0 Å².